The number of esters is 2. The van der Waals surface area contributed by atoms with Crippen LogP contribution in [-0.2, 0) is 35.0 Å². The zero-order chi connectivity index (χ0) is 29.9. The molecular weight excluding hydrogens is 536 g/mol. The van der Waals surface area contributed by atoms with Gasteiger partial charge in [0.2, 0.25) is 5.91 Å². The predicted molar refractivity (Wildman–Crippen MR) is 153 cm³/mol. The topological polar surface area (TPSA) is 111 Å². The van der Waals surface area contributed by atoms with Gasteiger partial charge in [0.1, 0.15) is 18.2 Å². The number of hydrogen-bond donors (Lipinski definition) is 1. The van der Waals surface area contributed by atoms with E-state index >= 15 is 0 Å². The van der Waals surface area contributed by atoms with Crippen molar-refractivity contribution in [2.24, 2.45) is 0 Å². The first-order valence-electron chi connectivity index (χ1n) is 13.3. The first-order valence-corrected chi connectivity index (χ1v) is 13.7. The van der Waals surface area contributed by atoms with E-state index in [0.717, 1.165) is 21.6 Å². The summed E-state index contributed by atoms with van der Waals surface area (Å²) in [4.78, 5) is 51.8. The molecule has 0 spiro atoms. The molecule has 10 heteroatoms. The third kappa shape index (κ3) is 10.9. The van der Waals surface area contributed by atoms with Gasteiger partial charge < -0.3 is 19.5 Å². The number of nitrogens with one attached hydrogen (secondary N) is 1. The molecule has 1 unspecified atom stereocenters. The van der Waals surface area contributed by atoms with E-state index in [1.54, 1.807) is 40.7 Å². The van der Waals surface area contributed by atoms with E-state index in [1.807, 2.05) is 42.5 Å². The lowest BCUT2D eigenvalue weighted by atomic mass is 9.99. The molecule has 0 aliphatic carbocycles. The van der Waals surface area contributed by atoms with Crippen LogP contribution in [0.15, 0.2) is 48.5 Å². The number of hydrogen-bond acceptors (Lipinski definition) is 7. The van der Waals surface area contributed by atoms with E-state index < -0.39 is 48.2 Å². The molecule has 2 aromatic rings. The number of ether oxygens (including phenoxy) is 3. The lowest BCUT2D eigenvalue weighted by Crippen LogP contribution is -2.53. The van der Waals surface area contributed by atoms with Crippen LogP contribution in [0.3, 0.4) is 0 Å². The molecule has 0 radical (unpaired) electrons. The molecule has 2 amide bonds. The minimum absolute atomic E-state index is 0.0767. The van der Waals surface area contributed by atoms with E-state index in [4.69, 9.17) is 25.8 Å². The van der Waals surface area contributed by atoms with Crippen LogP contribution >= 0.6 is 11.6 Å². The fourth-order valence-electron chi connectivity index (χ4n) is 3.87. The van der Waals surface area contributed by atoms with Crippen LogP contribution in [0, 0.1) is 0 Å². The number of amides is 2. The van der Waals surface area contributed by atoms with Gasteiger partial charge in [0.25, 0.3) is 0 Å². The summed E-state index contributed by atoms with van der Waals surface area (Å²) in [5.74, 6) is -1.69. The highest BCUT2D eigenvalue weighted by Gasteiger charge is 2.33. The minimum Gasteiger partial charge on any atom is -0.466 e. The third-order valence-electron chi connectivity index (χ3n) is 5.74. The molecule has 1 N–H and O–H groups in total. The average molecular weight is 575 g/mol. The van der Waals surface area contributed by atoms with Gasteiger partial charge >= 0.3 is 18.0 Å². The zero-order valence-electron chi connectivity index (χ0n) is 24.0. The number of nitrogens with zero attached hydrogens (tertiary/aromatic N) is 1. The molecule has 2 rings (SSSR count). The summed E-state index contributed by atoms with van der Waals surface area (Å²) >= 11 is 6.12. The highest BCUT2D eigenvalue weighted by Crippen LogP contribution is 2.23. The molecular formula is C30H39ClN2O7. The van der Waals surface area contributed by atoms with Crippen LogP contribution in [0.1, 0.15) is 53.5 Å². The average Bonchev–Trinajstić information content (AvgIpc) is 2.86. The molecule has 2 aromatic carbocycles. The lowest BCUT2D eigenvalue weighted by Gasteiger charge is -2.31. The first kappa shape index (κ1) is 32.6. The molecule has 0 aliphatic heterocycles. The Morgan fingerprint density at radius 1 is 0.925 bits per heavy atom. The van der Waals surface area contributed by atoms with E-state index in [2.05, 4.69) is 5.32 Å². The Balaban J connectivity index is 2.23. The predicted octanol–water partition coefficient (Wildman–Crippen LogP) is 5.18. The molecule has 218 valence electrons. The molecule has 40 heavy (non-hydrogen) atoms. The molecule has 0 heterocycles. The van der Waals surface area contributed by atoms with Crippen molar-refractivity contribution in [3.8, 4) is 11.1 Å². The second-order valence-electron chi connectivity index (χ2n) is 10.2. The normalized spacial score (nSPS) is 12.6. The summed E-state index contributed by atoms with van der Waals surface area (Å²) in [6.45, 7) is 9.76. The van der Waals surface area contributed by atoms with E-state index in [1.165, 1.54) is 6.92 Å². The Morgan fingerprint density at radius 3 is 2.12 bits per heavy atom. The minimum atomic E-state index is -1.09. The van der Waals surface area contributed by atoms with Crippen LogP contribution in [0.25, 0.3) is 11.1 Å². The summed E-state index contributed by atoms with van der Waals surface area (Å²) in [7, 11) is 0. The Morgan fingerprint density at radius 2 is 1.55 bits per heavy atom. The lowest BCUT2D eigenvalue weighted by molar-refractivity contribution is -0.145. The summed E-state index contributed by atoms with van der Waals surface area (Å²) in [6.07, 6.45) is -0.578. The summed E-state index contributed by atoms with van der Waals surface area (Å²) < 4.78 is 15.5. The second-order valence-corrected chi connectivity index (χ2v) is 10.7. The van der Waals surface area contributed by atoms with Gasteiger partial charge in [-0.25, -0.2) is 4.79 Å². The molecule has 0 aromatic heterocycles. The maximum Gasteiger partial charge on any atom is 0.411 e. The van der Waals surface area contributed by atoms with Gasteiger partial charge in [0, 0.05) is 11.1 Å². The highest BCUT2D eigenvalue weighted by molar-refractivity contribution is 6.30. The van der Waals surface area contributed by atoms with Gasteiger partial charge in [-0.15, -0.1) is 0 Å². The van der Waals surface area contributed by atoms with E-state index in [9.17, 15) is 19.2 Å². The molecule has 9 nitrogen and oxygen atoms in total. The summed E-state index contributed by atoms with van der Waals surface area (Å²) in [5.41, 5.74) is 1.97. The van der Waals surface area contributed by atoms with E-state index in [-0.39, 0.29) is 19.6 Å². The fourth-order valence-corrected chi connectivity index (χ4v) is 4.06. The Labute approximate surface area is 241 Å². The van der Waals surface area contributed by atoms with Crippen LogP contribution in [0.4, 0.5) is 4.79 Å². The van der Waals surface area contributed by atoms with Crippen molar-refractivity contribution < 1.29 is 33.4 Å². The maximum atomic E-state index is 13.3. The van der Waals surface area contributed by atoms with Crippen molar-refractivity contribution >= 4 is 35.5 Å². The van der Waals surface area contributed by atoms with Crippen molar-refractivity contribution in [1.29, 1.82) is 0 Å². The molecule has 0 aliphatic rings. The van der Waals surface area contributed by atoms with Gasteiger partial charge in [0.15, 0.2) is 0 Å². The van der Waals surface area contributed by atoms with Crippen LogP contribution in [-0.4, -0.2) is 66.3 Å². The highest BCUT2D eigenvalue weighted by atomic mass is 35.5. The van der Waals surface area contributed by atoms with Gasteiger partial charge in [-0.1, -0.05) is 48.0 Å². The van der Waals surface area contributed by atoms with Gasteiger partial charge in [0.05, 0.1) is 19.6 Å². The van der Waals surface area contributed by atoms with Gasteiger partial charge in [-0.05, 0) is 76.8 Å². The Hall–Kier alpha value is -3.59. The second kappa shape index (κ2) is 15.3. The first-order chi connectivity index (χ1) is 18.8. The molecule has 0 saturated heterocycles. The summed E-state index contributed by atoms with van der Waals surface area (Å²) in [6, 6.07) is 13.5. The van der Waals surface area contributed by atoms with Crippen LogP contribution in [0.5, 0.6) is 0 Å². The Bertz CT molecular complexity index is 1160. The summed E-state index contributed by atoms with van der Waals surface area (Å²) in [5, 5.41) is 3.49. The maximum absolute atomic E-state index is 13.3. The SMILES string of the molecule is CCOC(=O)C[C@@H](Cc1ccc(-c2cccc(Cl)c2)cc1)NC(=O)C(C)N(CC(=O)OCC)C(=O)OC(C)(C)C. The third-order valence-corrected chi connectivity index (χ3v) is 5.97. The van der Waals surface area contributed by atoms with Crippen molar-refractivity contribution in [3.05, 3.63) is 59.1 Å². The number of halogens is 1. The van der Waals surface area contributed by atoms with Crippen molar-refractivity contribution in [2.45, 2.75) is 72.1 Å². The molecule has 0 fully saturated rings. The molecule has 0 bridgehead atoms. The largest absolute Gasteiger partial charge is 0.466 e. The Kier molecular flexibility index (Phi) is 12.4. The van der Waals surface area contributed by atoms with Crippen molar-refractivity contribution in [1.82, 2.24) is 10.2 Å². The van der Waals surface area contributed by atoms with Crippen molar-refractivity contribution in [2.75, 3.05) is 19.8 Å². The molecule has 2 atom stereocenters. The number of benzene rings is 2. The van der Waals surface area contributed by atoms with Crippen LogP contribution in [0.2, 0.25) is 5.02 Å². The smallest absolute Gasteiger partial charge is 0.411 e. The monoisotopic (exact) mass is 574 g/mol. The van der Waals surface area contributed by atoms with Crippen molar-refractivity contribution in [3.63, 3.8) is 0 Å². The number of carbonyl (C=O) groups is 4. The van der Waals surface area contributed by atoms with E-state index in [0.29, 0.717) is 11.4 Å². The quantitative estimate of drug-likeness (QED) is 0.275. The molecule has 0 saturated carbocycles. The van der Waals surface area contributed by atoms with Crippen LogP contribution < -0.4 is 5.32 Å². The number of carbonyl (C=O) groups excluding carboxylic acids is 4. The van der Waals surface area contributed by atoms with Gasteiger partial charge in [-0.2, -0.15) is 0 Å². The zero-order valence-corrected chi connectivity index (χ0v) is 24.7. The number of rotatable bonds is 12. The fraction of sp³-hybridized carbons (Fsp3) is 0.467. The standard InChI is InChI=1S/C30H39ClN2O7/c1-7-38-26(34)18-25(16-21-12-14-22(15-13-21)23-10-9-11-24(31)17-23)32-28(36)20(3)33(19-27(35)39-8-2)29(37)40-30(4,5)6/h9-15,17,20,25H,7-8,16,18-19H2,1-6H3,(H,32,36)/t20?,25-/m1/s1. The van der Waals surface area contributed by atoms with Gasteiger partial charge in [-0.3, -0.25) is 19.3 Å².